The van der Waals surface area contributed by atoms with E-state index in [0.29, 0.717) is 6.04 Å². The SMILES string of the molecule is CCNC(Cc1cncc(Br)c1)c1ccc(C)cc1. The Morgan fingerprint density at radius 2 is 1.95 bits per heavy atom. The van der Waals surface area contributed by atoms with E-state index in [4.69, 9.17) is 0 Å². The summed E-state index contributed by atoms with van der Waals surface area (Å²) >= 11 is 3.47. The van der Waals surface area contributed by atoms with Crippen LogP contribution < -0.4 is 5.32 Å². The molecule has 0 saturated carbocycles. The first-order valence-electron chi connectivity index (χ1n) is 6.58. The van der Waals surface area contributed by atoms with Crippen LogP contribution in [0.3, 0.4) is 0 Å². The van der Waals surface area contributed by atoms with Crippen molar-refractivity contribution < 1.29 is 0 Å². The Labute approximate surface area is 123 Å². The van der Waals surface area contributed by atoms with Crippen molar-refractivity contribution in [3.8, 4) is 0 Å². The average Bonchev–Trinajstić information content (AvgIpc) is 2.39. The molecule has 0 saturated heterocycles. The number of nitrogens with one attached hydrogen (secondary N) is 1. The van der Waals surface area contributed by atoms with Crippen LogP contribution in [-0.2, 0) is 6.42 Å². The summed E-state index contributed by atoms with van der Waals surface area (Å²) in [5.41, 5.74) is 3.86. The third-order valence-corrected chi connectivity index (χ3v) is 3.57. The maximum Gasteiger partial charge on any atom is 0.0410 e. The maximum absolute atomic E-state index is 4.23. The van der Waals surface area contributed by atoms with Gasteiger partial charge in [0.05, 0.1) is 0 Å². The summed E-state index contributed by atoms with van der Waals surface area (Å²) < 4.78 is 1.03. The van der Waals surface area contributed by atoms with E-state index in [-0.39, 0.29) is 0 Å². The number of pyridine rings is 1. The van der Waals surface area contributed by atoms with E-state index in [0.717, 1.165) is 17.4 Å². The van der Waals surface area contributed by atoms with Crippen LogP contribution in [0.5, 0.6) is 0 Å². The molecule has 3 heteroatoms. The number of rotatable bonds is 5. The number of benzene rings is 1. The zero-order valence-electron chi connectivity index (χ0n) is 11.4. The fraction of sp³-hybridized carbons (Fsp3) is 0.312. The molecule has 19 heavy (non-hydrogen) atoms. The van der Waals surface area contributed by atoms with Gasteiger partial charge in [-0.2, -0.15) is 0 Å². The minimum atomic E-state index is 0.335. The molecular formula is C16H19BrN2. The van der Waals surface area contributed by atoms with E-state index in [9.17, 15) is 0 Å². The van der Waals surface area contributed by atoms with Crippen molar-refractivity contribution in [3.05, 3.63) is 63.9 Å². The Bertz CT molecular complexity index is 523. The molecule has 1 aromatic heterocycles. The molecule has 0 fully saturated rings. The van der Waals surface area contributed by atoms with Crippen LogP contribution in [-0.4, -0.2) is 11.5 Å². The Morgan fingerprint density at radius 3 is 2.58 bits per heavy atom. The molecule has 0 spiro atoms. The lowest BCUT2D eigenvalue weighted by molar-refractivity contribution is 0.549. The molecule has 100 valence electrons. The minimum Gasteiger partial charge on any atom is -0.310 e. The first-order chi connectivity index (χ1) is 9.19. The van der Waals surface area contributed by atoms with E-state index in [1.54, 1.807) is 0 Å². The van der Waals surface area contributed by atoms with Crippen LogP contribution in [0.1, 0.15) is 29.7 Å². The second-order valence-corrected chi connectivity index (χ2v) is 5.65. The number of hydrogen-bond donors (Lipinski definition) is 1. The van der Waals surface area contributed by atoms with E-state index in [1.165, 1.54) is 16.7 Å². The van der Waals surface area contributed by atoms with Gasteiger partial charge in [0.2, 0.25) is 0 Å². The second-order valence-electron chi connectivity index (χ2n) is 4.74. The van der Waals surface area contributed by atoms with Gasteiger partial charge in [-0.3, -0.25) is 4.98 Å². The van der Waals surface area contributed by atoms with Crippen molar-refractivity contribution in [1.82, 2.24) is 10.3 Å². The lowest BCUT2D eigenvalue weighted by Gasteiger charge is -2.18. The molecule has 2 aromatic rings. The zero-order valence-corrected chi connectivity index (χ0v) is 12.9. The van der Waals surface area contributed by atoms with Gasteiger partial charge in [0.25, 0.3) is 0 Å². The molecular weight excluding hydrogens is 300 g/mol. The summed E-state index contributed by atoms with van der Waals surface area (Å²) in [5.74, 6) is 0. The van der Waals surface area contributed by atoms with E-state index in [2.05, 4.69) is 70.4 Å². The molecule has 1 aromatic carbocycles. The fourth-order valence-corrected chi connectivity index (χ4v) is 2.57. The van der Waals surface area contributed by atoms with Crippen molar-refractivity contribution in [1.29, 1.82) is 0 Å². The highest BCUT2D eigenvalue weighted by molar-refractivity contribution is 9.10. The van der Waals surface area contributed by atoms with Gasteiger partial charge < -0.3 is 5.32 Å². The summed E-state index contributed by atoms with van der Waals surface area (Å²) in [7, 11) is 0. The number of aromatic nitrogens is 1. The highest BCUT2D eigenvalue weighted by Crippen LogP contribution is 2.20. The quantitative estimate of drug-likeness (QED) is 0.899. The molecule has 1 unspecified atom stereocenters. The lowest BCUT2D eigenvalue weighted by Crippen LogP contribution is -2.23. The maximum atomic E-state index is 4.23. The van der Waals surface area contributed by atoms with Gasteiger partial charge in [-0.25, -0.2) is 0 Å². The van der Waals surface area contributed by atoms with Crippen molar-refractivity contribution in [3.63, 3.8) is 0 Å². The number of hydrogen-bond acceptors (Lipinski definition) is 2. The molecule has 1 atom stereocenters. The van der Waals surface area contributed by atoms with Gasteiger partial charge in [-0.1, -0.05) is 36.8 Å². The molecule has 0 aliphatic rings. The minimum absolute atomic E-state index is 0.335. The summed E-state index contributed by atoms with van der Waals surface area (Å²) in [5, 5.41) is 3.54. The van der Waals surface area contributed by atoms with Gasteiger partial charge in [0, 0.05) is 22.9 Å². The standard InChI is InChI=1S/C16H19BrN2/c1-3-19-16(14-6-4-12(2)5-7-14)9-13-8-15(17)11-18-10-13/h4-8,10-11,16,19H,3,9H2,1-2H3. The summed E-state index contributed by atoms with van der Waals surface area (Å²) in [6.07, 6.45) is 4.70. The second kappa shape index (κ2) is 6.83. The molecule has 1 heterocycles. The first kappa shape index (κ1) is 14.2. The number of nitrogens with zero attached hydrogens (tertiary/aromatic N) is 1. The smallest absolute Gasteiger partial charge is 0.0410 e. The Balaban J connectivity index is 2.18. The number of likely N-dealkylation sites (N-methyl/N-ethyl adjacent to an activating group) is 1. The van der Waals surface area contributed by atoms with E-state index in [1.807, 2.05) is 12.4 Å². The van der Waals surface area contributed by atoms with Gasteiger partial charge in [-0.15, -0.1) is 0 Å². The molecule has 0 aliphatic carbocycles. The first-order valence-corrected chi connectivity index (χ1v) is 7.37. The molecule has 2 nitrogen and oxygen atoms in total. The number of aryl methyl sites for hydroxylation is 1. The predicted octanol–water partition coefficient (Wildman–Crippen LogP) is 4.05. The van der Waals surface area contributed by atoms with Gasteiger partial charge in [0.1, 0.15) is 0 Å². The van der Waals surface area contributed by atoms with E-state index >= 15 is 0 Å². The molecule has 0 radical (unpaired) electrons. The van der Waals surface area contributed by atoms with Crippen molar-refractivity contribution >= 4 is 15.9 Å². The van der Waals surface area contributed by atoms with Crippen LogP contribution in [0, 0.1) is 6.92 Å². The van der Waals surface area contributed by atoms with Crippen LogP contribution in [0.4, 0.5) is 0 Å². The molecule has 1 N–H and O–H groups in total. The lowest BCUT2D eigenvalue weighted by atomic mass is 9.99. The van der Waals surface area contributed by atoms with Crippen molar-refractivity contribution in [2.45, 2.75) is 26.3 Å². The van der Waals surface area contributed by atoms with Crippen LogP contribution in [0.2, 0.25) is 0 Å². The largest absolute Gasteiger partial charge is 0.310 e. The van der Waals surface area contributed by atoms with Gasteiger partial charge >= 0.3 is 0 Å². The Morgan fingerprint density at radius 1 is 1.21 bits per heavy atom. The molecule has 2 rings (SSSR count). The number of halogens is 1. The van der Waals surface area contributed by atoms with Crippen LogP contribution in [0.25, 0.3) is 0 Å². The fourth-order valence-electron chi connectivity index (χ4n) is 2.16. The summed E-state index contributed by atoms with van der Waals surface area (Å²) in [6.45, 7) is 5.21. The van der Waals surface area contributed by atoms with Crippen molar-refractivity contribution in [2.24, 2.45) is 0 Å². The monoisotopic (exact) mass is 318 g/mol. The molecule has 0 bridgehead atoms. The Hall–Kier alpha value is -1.19. The predicted molar refractivity (Wildman–Crippen MR) is 83.2 cm³/mol. The van der Waals surface area contributed by atoms with E-state index < -0.39 is 0 Å². The molecule has 0 amide bonds. The zero-order chi connectivity index (χ0) is 13.7. The highest BCUT2D eigenvalue weighted by atomic mass is 79.9. The van der Waals surface area contributed by atoms with Crippen LogP contribution in [0.15, 0.2) is 47.2 Å². The normalized spacial score (nSPS) is 12.4. The summed E-state index contributed by atoms with van der Waals surface area (Å²) in [4.78, 5) is 4.23. The van der Waals surface area contributed by atoms with Crippen LogP contribution >= 0.6 is 15.9 Å². The van der Waals surface area contributed by atoms with Gasteiger partial charge in [0.15, 0.2) is 0 Å². The molecule has 0 aliphatic heterocycles. The van der Waals surface area contributed by atoms with Gasteiger partial charge in [-0.05, 0) is 53.0 Å². The topological polar surface area (TPSA) is 24.9 Å². The highest BCUT2D eigenvalue weighted by Gasteiger charge is 2.11. The average molecular weight is 319 g/mol. The van der Waals surface area contributed by atoms with Crippen molar-refractivity contribution in [2.75, 3.05) is 6.54 Å². The third-order valence-electron chi connectivity index (χ3n) is 3.13. The summed E-state index contributed by atoms with van der Waals surface area (Å²) in [6, 6.07) is 11.2. The third kappa shape index (κ3) is 4.15. The Kier molecular flexibility index (Phi) is 5.11.